The summed E-state index contributed by atoms with van der Waals surface area (Å²) in [5.74, 6) is 0.00842. The number of rotatable bonds is 5. The maximum atomic E-state index is 12.1. The molecule has 0 radical (unpaired) electrons. The Kier molecular flexibility index (Phi) is 9.12. The molecule has 1 amide bonds. The number of hydrogen-bond acceptors (Lipinski definition) is 4. The first-order chi connectivity index (χ1) is 10.6. The average molecular weight is 304 g/mol. The van der Waals surface area contributed by atoms with E-state index in [0.29, 0.717) is 24.4 Å². The number of carbonyl (C=O) groups is 1. The predicted octanol–water partition coefficient (Wildman–Crippen LogP) is 3.20. The largest absolute Gasteiger partial charge is 0.504 e. The number of likely N-dealkylation sites (N-methyl/N-ethyl adjacent to an activating group) is 1. The van der Waals surface area contributed by atoms with E-state index in [1.54, 1.807) is 17.0 Å². The molecule has 1 aromatic carbocycles. The number of phenols is 1. The third kappa shape index (κ3) is 5.13. The second kappa shape index (κ2) is 10.3. The lowest BCUT2D eigenvalue weighted by atomic mass is 10.1. The molecule has 0 aliphatic heterocycles. The van der Waals surface area contributed by atoms with Crippen LogP contribution in [-0.2, 0) is 4.79 Å². The Balaban J connectivity index is 0.00000211. The van der Waals surface area contributed by atoms with Crippen molar-refractivity contribution < 1.29 is 14.6 Å². The molecule has 0 aromatic heterocycles. The first kappa shape index (κ1) is 19.5. The maximum Gasteiger partial charge on any atom is 0.264 e. The summed E-state index contributed by atoms with van der Waals surface area (Å²) in [4.78, 5) is 13.7. The van der Waals surface area contributed by atoms with Crippen molar-refractivity contribution in [3.8, 4) is 17.6 Å². The van der Waals surface area contributed by atoms with Crippen LogP contribution in [0.25, 0.3) is 6.08 Å². The van der Waals surface area contributed by atoms with Crippen molar-refractivity contribution >= 4 is 12.0 Å². The molecular formula is C17H24N2O3. The van der Waals surface area contributed by atoms with E-state index in [-0.39, 0.29) is 17.2 Å². The lowest BCUT2D eigenvalue weighted by Gasteiger charge is -2.17. The van der Waals surface area contributed by atoms with Crippen molar-refractivity contribution in [2.24, 2.45) is 0 Å². The van der Waals surface area contributed by atoms with Crippen molar-refractivity contribution in [2.45, 2.75) is 27.7 Å². The zero-order valence-electron chi connectivity index (χ0n) is 13.9. The molecule has 22 heavy (non-hydrogen) atoms. The van der Waals surface area contributed by atoms with Gasteiger partial charge < -0.3 is 14.7 Å². The third-order valence-corrected chi connectivity index (χ3v) is 2.92. The van der Waals surface area contributed by atoms with Crippen LogP contribution in [0.2, 0.25) is 0 Å². The van der Waals surface area contributed by atoms with E-state index in [1.165, 1.54) is 19.3 Å². The van der Waals surface area contributed by atoms with Crippen molar-refractivity contribution in [2.75, 3.05) is 20.2 Å². The van der Waals surface area contributed by atoms with Crippen molar-refractivity contribution in [1.82, 2.24) is 4.90 Å². The topological polar surface area (TPSA) is 73.6 Å². The molecule has 0 bridgehead atoms. The van der Waals surface area contributed by atoms with Gasteiger partial charge in [-0.15, -0.1) is 0 Å². The zero-order chi connectivity index (χ0) is 17.1. The summed E-state index contributed by atoms with van der Waals surface area (Å²) in [5.41, 5.74) is 0.679. The van der Waals surface area contributed by atoms with Gasteiger partial charge in [-0.1, -0.05) is 19.9 Å². The summed E-state index contributed by atoms with van der Waals surface area (Å²) >= 11 is 0. The van der Waals surface area contributed by atoms with Crippen LogP contribution in [0.4, 0.5) is 0 Å². The summed E-state index contributed by atoms with van der Waals surface area (Å²) in [6.45, 7) is 8.82. The Bertz CT molecular complexity index is 556. The van der Waals surface area contributed by atoms with Gasteiger partial charge in [0.1, 0.15) is 11.6 Å². The van der Waals surface area contributed by atoms with Crippen LogP contribution in [0, 0.1) is 11.3 Å². The number of amides is 1. The average Bonchev–Trinajstić information content (AvgIpc) is 2.56. The van der Waals surface area contributed by atoms with Gasteiger partial charge in [0.25, 0.3) is 5.91 Å². The molecule has 0 fully saturated rings. The van der Waals surface area contributed by atoms with Gasteiger partial charge in [0.2, 0.25) is 0 Å². The Hall–Kier alpha value is -2.48. The third-order valence-electron chi connectivity index (χ3n) is 2.92. The lowest BCUT2D eigenvalue weighted by Crippen LogP contribution is -2.31. The predicted molar refractivity (Wildman–Crippen MR) is 87.5 cm³/mol. The number of hydrogen-bond donors (Lipinski definition) is 1. The number of benzene rings is 1. The summed E-state index contributed by atoms with van der Waals surface area (Å²) in [7, 11) is 1.44. The van der Waals surface area contributed by atoms with Crippen LogP contribution < -0.4 is 4.74 Å². The number of phenolic OH excluding ortho intramolecular Hbond substituents is 1. The number of carbonyl (C=O) groups excluding carboxylic acids is 1. The number of ether oxygens (including phenoxy) is 1. The molecule has 1 rings (SSSR count). The van der Waals surface area contributed by atoms with Gasteiger partial charge in [0.15, 0.2) is 11.5 Å². The van der Waals surface area contributed by atoms with E-state index in [1.807, 2.05) is 33.8 Å². The van der Waals surface area contributed by atoms with Crippen molar-refractivity contribution in [3.05, 3.63) is 29.3 Å². The molecule has 1 aromatic rings. The highest BCUT2D eigenvalue weighted by Gasteiger charge is 2.15. The smallest absolute Gasteiger partial charge is 0.264 e. The van der Waals surface area contributed by atoms with Crippen molar-refractivity contribution in [3.63, 3.8) is 0 Å². The Morgan fingerprint density at radius 2 is 1.95 bits per heavy atom. The molecule has 0 aliphatic carbocycles. The minimum Gasteiger partial charge on any atom is -0.504 e. The molecule has 0 spiro atoms. The normalized spacial score (nSPS) is 10.1. The first-order valence-corrected chi connectivity index (χ1v) is 7.35. The van der Waals surface area contributed by atoms with E-state index in [2.05, 4.69) is 0 Å². The number of nitrogens with zero attached hydrogens (tertiary/aromatic N) is 2. The Morgan fingerprint density at radius 1 is 1.36 bits per heavy atom. The van der Waals surface area contributed by atoms with E-state index >= 15 is 0 Å². The molecule has 0 unspecified atom stereocenters. The SMILES string of the molecule is CC.CCN(CC)C(=O)/C(C#N)=C\c1ccc(O)c(OC)c1. The van der Waals surface area contributed by atoms with Crippen molar-refractivity contribution in [1.29, 1.82) is 5.26 Å². The summed E-state index contributed by atoms with van der Waals surface area (Å²) < 4.78 is 4.99. The van der Waals surface area contributed by atoms with Gasteiger partial charge in [-0.2, -0.15) is 5.26 Å². The van der Waals surface area contributed by atoms with Gasteiger partial charge in [-0.05, 0) is 37.6 Å². The lowest BCUT2D eigenvalue weighted by molar-refractivity contribution is -0.126. The quantitative estimate of drug-likeness (QED) is 0.669. The highest BCUT2D eigenvalue weighted by Crippen LogP contribution is 2.27. The van der Waals surface area contributed by atoms with Crippen LogP contribution in [-0.4, -0.2) is 36.1 Å². The molecule has 0 saturated heterocycles. The van der Waals surface area contributed by atoms with Crippen LogP contribution >= 0.6 is 0 Å². The Morgan fingerprint density at radius 3 is 2.41 bits per heavy atom. The van der Waals surface area contributed by atoms with Crippen LogP contribution in [0.1, 0.15) is 33.3 Å². The van der Waals surface area contributed by atoms with Crippen LogP contribution in [0.15, 0.2) is 23.8 Å². The molecule has 0 heterocycles. The second-order valence-corrected chi connectivity index (χ2v) is 4.08. The fourth-order valence-electron chi connectivity index (χ4n) is 1.77. The molecular weight excluding hydrogens is 280 g/mol. The minimum absolute atomic E-state index is 0.0122. The van der Waals surface area contributed by atoms with Crippen LogP contribution in [0.3, 0.4) is 0 Å². The number of nitriles is 1. The highest BCUT2D eigenvalue weighted by atomic mass is 16.5. The maximum absolute atomic E-state index is 12.1. The minimum atomic E-state index is -0.301. The van der Waals surface area contributed by atoms with E-state index in [9.17, 15) is 9.90 Å². The molecule has 0 aliphatic rings. The molecule has 0 atom stereocenters. The molecule has 1 N–H and O–H groups in total. The number of aromatic hydroxyl groups is 1. The van der Waals surface area contributed by atoms with Gasteiger partial charge in [-0.25, -0.2) is 0 Å². The van der Waals surface area contributed by atoms with E-state index < -0.39 is 0 Å². The summed E-state index contributed by atoms with van der Waals surface area (Å²) in [5, 5.41) is 18.6. The molecule has 5 heteroatoms. The second-order valence-electron chi connectivity index (χ2n) is 4.08. The van der Waals surface area contributed by atoms with Gasteiger partial charge >= 0.3 is 0 Å². The molecule has 120 valence electrons. The monoisotopic (exact) mass is 304 g/mol. The fourth-order valence-corrected chi connectivity index (χ4v) is 1.77. The highest BCUT2D eigenvalue weighted by molar-refractivity contribution is 6.01. The molecule has 5 nitrogen and oxygen atoms in total. The fraction of sp³-hybridized carbons (Fsp3) is 0.412. The van der Waals surface area contributed by atoms with E-state index in [0.717, 1.165) is 0 Å². The van der Waals surface area contributed by atoms with E-state index in [4.69, 9.17) is 10.00 Å². The first-order valence-electron chi connectivity index (χ1n) is 7.35. The van der Waals surface area contributed by atoms with Gasteiger partial charge in [0.05, 0.1) is 7.11 Å². The number of methoxy groups -OCH3 is 1. The standard InChI is InChI=1S/C15H18N2O3.C2H6/c1-4-17(5-2)15(19)12(10-16)8-11-6-7-13(18)14(9-11)20-3;1-2/h6-9,18H,4-5H2,1-3H3;1-2H3/b12-8-;. The zero-order valence-corrected chi connectivity index (χ0v) is 13.9. The summed E-state index contributed by atoms with van der Waals surface area (Å²) in [6.07, 6.45) is 1.49. The summed E-state index contributed by atoms with van der Waals surface area (Å²) in [6, 6.07) is 6.57. The van der Waals surface area contributed by atoms with Gasteiger partial charge in [0, 0.05) is 13.1 Å². The van der Waals surface area contributed by atoms with Gasteiger partial charge in [-0.3, -0.25) is 4.79 Å². The Labute approximate surface area is 132 Å². The molecule has 0 saturated carbocycles. The van der Waals surface area contributed by atoms with Crippen LogP contribution in [0.5, 0.6) is 11.5 Å².